The Morgan fingerprint density at radius 1 is 0.733 bits per heavy atom. The number of carbonyl (C=O) groups excluding carboxylic acids is 2. The van der Waals surface area contributed by atoms with Crippen molar-refractivity contribution < 1.29 is 19.4 Å². The van der Waals surface area contributed by atoms with Gasteiger partial charge in [-0.3, -0.25) is 9.59 Å². The largest absolute Gasteiger partial charge is 0.508 e. The van der Waals surface area contributed by atoms with Crippen molar-refractivity contribution in [1.29, 1.82) is 0 Å². The first-order valence-corrected chi connectivity index (χ1v) is 11.6. The van der Waals surface area contributed by atoms with Gasteiger partial charge in [0.05, 0.1) is 6.54 Å². The first-order chi connectivity index (χ1) is 14.6. The quantitative estimate of drug-likeness (QED) is 0.252. The zero-order valence-electron chi connectivity index (χ0n) is 18.6. The molecule has 1 aromatic carbocycles. The molecule has 1 rings (SSSR count). The van der Waals surface area contributed by atoms with Gasteiger partial charge in [-0.05, 0) is 30.7 Å². The van der Waals surface area contributed by atoms with Crippen LogP contribution in [0.3, 0.4) is 0 Å². The van der Waals surface area contributed by atoms with Crippen molar-refractivity contribution in [2.24, 2.45) is 0 Å². The summed E-state index contributed by atoms with van der Waals surface area (Å²) < 4.78 is 5.42. The number of aromatic hydroxyl groups is 1. The van der Waals surface area contributed by atoms with Crippen molar-refractivity contribution in [2.75, 3.05) is 19.7 Å². The number of hydrogen-bond acceptors (Lipinski definition) is 4. The average molecular weight is 421 g/mol. The van der Waals surface area contributed by atoms with Crippen molar-refractivity contribution >= 4 is 11.8 Å². The lowest BCUT2D eigenvalue weighted by Crippen LogP contribution is -2.41. The van der Waals surface area contributed by atoms with Crippen LogP contribution in [0.2, 0.25) is 0 Å². The molecule has 0 heterocycles. The first kappa shape index (κ1) is 25.8. The summed E-state index contributed by atoms with van der Waals surface area (Å²) in [6, 6.07) is 6.32. The third kappa shape index (κ3) is 13.9. The summed E-state index contributed by atoms with van der Waals surface area (Å²) in [5, 5.41) is 14.4. The zero-order chi connectivity index (χ0) is 21.9. The molecule has 6 heteroatoms. The standard InChI is InChI=1S/C24H40N2O4/c1-2-3-4-5-6-7-8-9-10-11-12-13-18-25-23(28)24(29)26-19-20-30-22-16-14-21(27)15-17-22/h14-17,27H,2-13,18-20H2,1H3,(H,25,28)(H,26,29). The number of phenolic OH excluding ortho intramolecular Hbond substituents is 1. The summed E-state index contributed by atoms with van der Waals surface area (Å²) in [5.74, 6) is -0.468. The van der Waals surface area contributed by atoms with E-state index in [2.05, 4.69) is 17.6 Å². The zero-order valence-corrected chi connectivity index (χ0v) is 18.6. The molecule has 6 nitrogen and oxygen atoms in total. The molecular formula is C24H40N2O4. The number of ether oxygens (including phenoxy) is 1. The Morgan fingerprint density at radius 3 is 1.73 bits per heavy atom. The molecule has 0 aliphatic heterocycles. The van der Waals surface area contributed by atoms with E-state index < -0.39 is 11.8 Å². The summed E-state index contributed by atoms with van der Waals surface area (Å²) in [5.41, 5.74) is 0. The Balaban J connectivity index is 1.89. The van der Waals surface area contributed by atoms with E-state index in [1.807, 2.05) is 0 Å². The maximum atomic E-state index is 11.8. The van der Waals surface area contributed by atoms with Crippen LogP contribution in [-0.2, 0) is 9.59 Å². The van der Waals surface area contributed by atoms with Gasteiger partial charge in [-0.2, -0.15) is 0 Å². The van der Waals surface area contributed by atoms with Crippen LogP contribution in [0.25, 0.3) is 0 Å². The summed E-state index contributed by atoms with van der Waals surface area (Å²) >= 11 is 0. The Labute approximate surface area is 181 Å². The molecule has 0 unspecified atom stereocenters. The van der Waals surface area contributed by atoms with Crippen LogP contribution in [0.1, 0.15) is 84.0 Å². The number of phenols is 1. The number of amides is 2. The van der Waals surface area contributed by atoms with E-state index in [9.17, 15) is 14.7 Å². The van der Waals surface area contributed by atoms with Gasteiger partial charge >= 0.3 is 11.8 Å². The molecule has 0 radical (unpaired) electrons. The van der Waals surface area contributed by atoms with Crippen LogP contribution >= 0.6 is 0 Å². The predicted octanol–water partition coefficient (Wildman–Crippen LogP) is 4.70. The van der Waals surface area contributed by atoms with Gasteiger partial charge in [-0.15, -0.1) is 0 Å². The molecule has 1 aromatic rings. The lowest BCUT2D eigenvalue weighted by molar-refractivity contribution is -0.139. The normalized spacial score (nSPS) is 10.6. The van der Waals surface area contributed by atoms with E-state index in [4.69, 9.17) is 4.74 Å². The lowest BCUT2D eigenvalue weighted by atomic mass is 10.1. The second-order valence-electron chi connectivity index (χ2n) is 7.74. The van der Waals surface area contributed by atoms with Crippen molar-refractivity contribution in [1.82, 2.24) is 10.6 Å². The molecule has 0 atom stereocenters. The molecule has 0 aliphatic rings. The average Bonchev–Trinajstić information content (AvgIpc) is 2.75. The summed E-state index contributed by atoms with van der Waals surface area (Å²) in [4.78, 5) is 23.5. The van der Waals surface area contributed by atoms with E-state index in [0.717, 1.165) is 12.8 Å². The Bertz CT molecular complexity index is 575. The molecule has 0 saturated carbocycles. The second-order valence-corrected chi connectivity index (χ2v) is 7.74. The van der Waals surface area contributed by atoms with Gasteiger partial charge in [0, 0.05) is 6.54 Å². The van der Waals surface area contributed by atoms with Crippen molar-refractivity contribution in [3.05, 3.63) is 24.3 Å². The van der Waals surface area contributed by atoms with E-state index >= 15 is 0 Å². The fourth-order valence-corrected chi connectivity index (χ4v) is 3.20. The first-order valence-electron chi connectivity index (χ1n) is 11.6. The Kier molecular flexibility index (Phi) is 15.1. The highest BCUT2D eigenvalue weighted by Crippen LogP contribution is 2.15. The summed E-state index contributed by atoms with van der Waals surface area (Å²) in [7, 11) is 0. The van der Waals surface area contributed by atoms with Crippen LogP contribution in [0, 0.1) is 0 Å². The summed E-state index contributed by atoms with van der Waals surface area (Å²) in [6.45, 7) is 3.28. The maximum absolute atomic E-state index is 11.8. The molecule has 30 heavy (non-hydrogen) atoms. The SMILES string of the molecule is CCCCCCCCCCCCCCNC(=O)C(=O)NCCOc1ccc(O)cc1. The topological polar surface area (TPSA) is 87.7 Å². The van der Waals surface area contributed by atoms with Crippen molar-refractivity contribution in [3.8, 4) is 11.5 Å². The van der Waals surface area contributed by atoms with Crippen LogP contribution in [0.4, 0.5) is 0 Å². The Morgan fingerprint density at radius 2 is 1.20 bits per heavy atom. The molecule has 3 N–H and O–H groups in total. The number of nitrogens with one attached hydrogen (secondary N) is 2. The molecular weight excluding hydrogens is 380 g/mol. The molecule has 0 saturated heterocycles. The van der Waals surface area contributed by atoms with E-state index in [-0.39, 0.29) is 18.9 Å². The summed E-state index contributed by atoms with van der Waals surface area (Å²) in [6.07, 6.45) is 15.2. The monoisotopic (exact) mass is 420 g/mol. The van der Waals surface area contributed by atoms with Gasteiger partial charge in [0.15, 0.2) is 0 Å². The van der Waals surface area contributed by atoms with E-state index in [1.165, 1.54) is 76.3 Å². The van der Waals surface area contributed by atoms with E-state index in [0.29, 0.717) is 12.3 Å². The third-order valence-electron chi connectivity index (χ3n) is 5.02. The van der Waals surface area contributed by atoms with Gasteiger partial charge < -0.3 is 20.5 Å². The highest BCUT2D eigenvalue weighted by atomic mass is 16.5. The number of hydrogen-bond donors (Lipinski definition) is 3. The van der Waals surface area contributed by atoms with Crippen LogP contribution in [0.5, 0.6) is 11.5 Å². The number of rotatable bonds is 17. The minimum Gasteiger partial charge on any atom is -0.508 e. The van der Waals surface area contributed by atoms with Crippen molar-refractivity contribution in [3.63, 3.8) is 0 Å². The fourth-order valence-electron chi connectivity index (χ4n) is 3.20. The molecule has 0 spiro atoms. The number of unbranched alkanes of at least 4 members (excludes halogenated alkanes) is 11. The highest BCUT2D eigenvalue weighted by Gasteiger charge is 2.11. The molecule has 0 aromatic heterocycles. The molecule has 170 valence electrons. The lowest BCUT2D eigenvalue weighted by Gasteiger charge is -2.08. The van der Waals surface area contributed by atoms with E-state index in [1.54, 1.807) is 12.1 Å². The predicted molar refractivity (Wildman–Crippen MR) is 121 cm³/mol. The second kappa shape index (κ2) is 17.6. The van der Waals surface area contributed by atoms with Gasteiger partial charge in [-0.25, -0.2) is 0 Å². The third-order valence-corrected chi connectivity index (χ3v) is 5.02. The van der Waals surface area contributed by atoms with Crippen LogP contribution in [0.15, 0.2) is 24.3 Å². The van der Waals surface area contributed by atoms with Crippen LogP contribution in [-0.4, -0.2) is 36.6 Å². The minimum absolute atomic E-state index is 0.167. The number of benzene rings is 1. The van der Waals surface area contributed by atoms with Gasteiger partial charge in [0.1, 0.15) is 18.1 Å². The fraction of sp³-hybridized carbons (Fsp3) is 0.667. The molecule has 0 bridgehead atoms. The van der Waals surface area contributed by atoms with Gasteiger partial charge in [-0.1, -0.05) is 77.6 Å². The van der Waals surface area contributed by atoms with Gasteiger partial charge in [0.25, 0.3) is 0 Å². The van der Waals surface area contributed by atoms with Gasteiger partial charge in [0.2, 0.25) is 0 Å². The molecule has 2 amide bonds. The highest BCUT2D eigenvalue weighted by molar-refractivity contribution is 6.35. The molecule has 0 aliphatic carbocycles. The Hall–Kier alpha value is -2.24. The smallest absolute Gasteiger partial charge is 0.309 e. The van der Waals surface area contributed by atoms with Crippen LogP contribution < -0.4 is 15.4 Å². The van der Waals surface area contributed by atoms with Crippen molar-refractivity contribution in [2.45, 2.75) is 84.0 Å². The minimum atomic E-state index is -0.636. The molecule has 0 fully saturated rings. The maximum Gasteiger partial charge on any atom is 0.309 e. The number of carbonyl (C=O) groups is 2.